The highest BCUT2D eigenvalue weighted by Gasteiger charge is 2.20. The van der Waals surface area contributed by atoms with E-state index in [-0.39, 0.29) is 16.0 Å². The van der Waals surface area contributed by atoms with Gasteiger partial charge in [-0.25, -0.2) is 13.1 Å². The Balaban J connectivity index is 2.36. The van der Waals surface area contributed by atoms with Crippen molar-refractivity contribution in [2.45, 2.75) is 25.3 Å². The summed E-state index contributed by atoms with van der Waals surface area (Å²) < 4.78 is 26.1. The second kappa shape index (κ2) is 6.41. The molecule has 0 aliphatic rings. The first-order valence-electron chi connectivity index (χ1n) is 7.94. The minimum Gasteiger partial charge on any atom is -0.365 e. The molecule has 26 heavy (non-hydrogen) atoms. The second-order valence-corrected chi connectivity index (χ2v) is 7.98. The molecule has 0 bridgehead atoms. The average molecular weight is 373 g/mol. The van der Waals surface area contributed by atoms with Crippen LogP contribution in [0.5, 0.6) is 0 Å². The predicted molar refractivity (Wildman–Crippen MR) is 99.3 cm³/mol. The molecule has 9 heteroatoms. The number of hydrogen-bond donors (Lipinski definition) is 2. The molecule has 1 amide bonds. The van der Waals surface area contributed by atoms with Crippen LogP contribution in [0.4, 0.5) is 11.5 Å². The van der Waals surface area contributed by atoms with Crippen LogP contribution in [0.3, 0.4) is 0 Å². The van der Waals surface area contributed by atoms with Gasteiger partial charge in [-0.15, -0.1) is 0 Å². The number of fused-ring (bicyclic) bond motifs is 1. The first-order valence-corrected chi connectivity index (χ1v) is 9.83. The quantitative estimate of drug-likeness (QED) is 0.706. The molecule has 0 saturated heterocycles. The van der Waals surface area contributed by atoms with Gasteiger partial charge in [0, 0.05) is 30.4 Å². The summed E-state index contributed by atoms with van der Waals surface area (Å²) in [4.78, 5) is 16.2. The van der Waals surface area contributed by atoms with E-state index in [0.29, 0.717) is 23.4 Å². The van der Waals surface area contributed by atoms with Crippen LogP contribution in [0.25, 0.3) is 10.9 Å². The van der Waals surface area contributed by atoms with E-state index in [1.165, 1.54) is 6.20 Å². The number of benzene rings is 1. The first kappa shape index (κ1) is 17.9. The maximum Gasteiger partial charge on any atom is 0.252 e. The maximum absolute atomic E-state index is 12.2. The number of nitrogens with one attached hydrogen (secondary N) is 1. The third kappa shape index (κ3) is 3.13. The topological polar surface area (TPSA) is 120 Å². The van der Waals surface area contributed by atoms with Crippen molar-refractivity contribution in [3.63, 3.8) is 0 Å². The number of aryl methyl sites for hydroxylation is 2. The summed E-state index contributed by atoms with van der Waals surface area (Å²) in [6.07, 6.45) is 4.06. The molecule has 0 spiro atoms. The van der Waals surface area contributed by atoms with Crippen molar-refractivity contribution in [3.05, 3.63) is 41.7 Å². The normalized spacial score (nSPS) is 11.7. The Morgan fingerprint density at radius 3 is 2.69 bits per heavy atom. The molecular weight excluding hydrogens is 354 g/mol. The van der Waals surface area contributed by atoms with Gasteiger partial charge >= 0.3 is 0 Å². The van der Waals surface area contributed by atoms with Gasteiger partial charge in [-0.3, -0.25) is 9.78 Å². The number of carbonyl (C=O) groups excluding carboxylic acids is 1. The number of anilines is 2. The molecule has 3 N–H and O–H groups in total. The van der Waals surface area contributed by atoms with Crippen molar-refractivity contribution in [3.8, 4) is 0 Å². The number of rotatable bonds is 5. The number of carbonyl (C=O) groups is 1. The van der Waals surface area contributed by atoms with Crippen LogP contribution in [0.2, 0.25) is 0 Å². The van der Waals surface area contributed by atoms with Crippen LogP contribution < -0.4 is 11.1 Å². The van der Waals surface area contributed by atoms with E-state index in [1.54, 1.807) is 36.0 Å². The monoisotopic (exact) mass is 373 g/mol. The zero-order valence-corrected chi connectivity index (χ0v) is 15.5. The van der Waals surface area contributed by atoms with Gasteiger partial charge < -0.3 is 11.1 Å². The van der Waals surface area contributed by atoms with Gasteiger partial charge in [0.15, 0.2) is 9.84 Å². The van der Waals surface area contributed by atoms with Gasteiger partial charge in [-0.05, 0) is 31.5 Å². The fraction of sp³-hybridized carbons (Fsp3) is 0.235. The number of sulfone groups is 1. The van der Waals surface area contributed by atoms with Crippen LogP contribution in [0, 0.1) is 6.92 Å². The summed E-state index contributed by atoms with van der Waals surface area (Å²) in [7, 11) is -3.50. The summed E-state index contributed by atoms with van der Waals surface area (Å²) in [6.45, 7) is 4.34. The lowest BCUT2D eigenvalue weighted by molar-refractivity contribution is 0.100. The Kier molecular flexibility index (Phi) is 4.41. The third-order valence-corrected chi connectivity index (χ3v) is 5.12. The first-order chi connectivity index (χ1) is 12.2. The molecule has 2 aromatic heterocycles. The zero-order chi connectivity index (χ0) is 19.1. The highest BCUT2D eigenvalue weighted by Crippen LogP contribution is 2.33. The fourth-order valence-electron chi connectivity index (χ4n) is 2.83. The van der Waals surface area contributed by atoms with Crippen molar-refractivity contribution in [1.29, 1.82) is 0 Å². The van der Waals surface area contributed by atoms with E-state index < -0.39 is 15.7 Å². The van der Waals surface area contributed by atoms with Crippen LogP contribution >= 0.6 is 0 Å². The summed E-state index contributed by atoms with van der Waals surface area (Å²) >= 11 is 0. The zero-order valence-electron chi connectivity index (χ0n) is 14.6. The van der Waals surface area contributed by atoms with Gasteiger partial charge in [0.25, 0.3) is 5.91 Å². The molecule has 2 heterocycles. The largest absolute Gasteiger partial charge is 0.365 e. The Labute approximate surface area is 150 Å². The minimum absolute atomic E-state index is 0.107. The van der Waals surface area contributed by atoms with Crippen molar-refractivity contribution in [1.82, 2.24) is 14.8 Å². The maximum atomic E-state index is 12.2. The van der Waals surface area contributed by atoms with Crippen LogP contribution in [0.15, 0.2) is 35.5 Å². The molecule has 0 aliphatic heterocycles. The smallest absolute Gasteiger partial charge is 0.252 e. The van der Waals surface area contributed by atoms with E-state index in [2.05, 4.69) is 15.4 Å². The molecule has 0 saturated carbocycles. The molecule has 3 rings (SSSR count). The van der Waals surface area contributed by atoms with Crippen molar-refractivity contribution in [2.24, 2.45) is 5.73 Å². The number of nitrogens with two attached hydrogens (primary N) is 1. The predicted octanol–water partition coefficient (Wildman–Crippen LogP) is 2.01. The number of primary amides is 1. The SMILES string of the molecule is CCn1nccc1Nc1c(C(N)=O)cnc2c(S(C)(=O)=O)cc(C)cc12. The van der Waals surface area contributed by atoms with Crippen LogP contribution in [-0.2, 0) is 16.4 Å². The van der Waals surface area contributed by atoms with Crippen molar-refractivity contribution < 1.29 is 13.2 Å². The summed E-state index contributed by atoms with van der Waals surface area (Å²) in [5, 5.41) is 7.86. The minimum atomic E-state index is -3.50. The van der Waals surface area contributed by atoms with Crippen molar-refractivity contribution >= 4 is 38.2 Å². The Bertz CT molecular complexity index is 1120. The highest BCUT2D eigenvalue weighted by atomic mass is 32.2. The van der Waals surface area contributed by atoms with Crippen molar-refractivity contribution in [2.75, 3.05) is 11.6 Å². The molecule has 8 nitrogen and oxygen atoms in total. The Morgan fingerprint density at radius 1 is 1.35 bits per heavy atom. The number of pyridine rings is 1. The molecule has 0 aliphatic carbocycles. The third-order valence-electron chi connectivity index (χ3n) is 4.01. The lowest BCUT2D eigenvalue weighted by Gasteiger charge is -2.15. The van der Waals surface area contributed by atoms with E-state index in [4.69, 9.17) is 5.73 Å². The number of hydrogen-bond acceptors (Lipinski definition) is 6. The molecule has 0 atom stereocenters. The highest BCUT2D eigenvalue weighted by molar-refractivity contribution is 7.91. The van der Waals surface area contributed by atoms with Gasteiger partial charge in [0.2, 0.25) is 0 Å². The molecule has 0 fully saturated rings. The summed E-state index contributed by atoms with van der Waals surface area (Å²) in [5.74, 6) is -0.00297. The Hall–Kier alpha value is -2.94. The van der Waals surface area contributed by atoms with Gasteiger partial charge in [0.1, 0.15) is 5.82 Å². The molecule has 1 aromatic carbocycles. The molecule has 136 valence electrons. The lowest BCUT2D eigenvalue weighted by Crippen LogP contribution is -2.15. The van der Waals surface area contributed by atoms with Gasteiger partial charge in [-0.1, -0.05) is 0 Å². The lowest BCUT2D eigenvalue weighted by atomic mass is 10.1. The number of amides is 1. The fourth-order valence-corrected chi connectivity index (χ4v) is 3.74. The Morgan fingerprint density at radius 2 is 2.08 bits per heavy atom. The van der Waals surface area contributed by atoms with E-state index in [0.717, 1.165) is 11.8 Å². The van der Waals surface area contributed by atoms with E-state index in [1.807, 2.05) is 6.92 Å². The molecule has 3 aromatic rings. The summed E-state index contributed by atoms with van der Waals surface area (Å²) in [5.41, 5.74) is 7.10. The van der Waals surface area contributed by atoms with Crippen LogP contribution in [0.1, 0.15) is 22.8 Å². The number of aromatic nitrogens is 3. The number of nitrogens with zero attached hydrogens (tertiary/aromatic N) is 3. The second-order valence-electron chi connectivity index (χ2n) is 6.00. The summed E-state index contributed by atoms with van der Waals surface area (Å²) in [6, 6.07) is 5.10. The van der Waals surface area contributed by atoms with Gasteiger partial charge in [0.05, 0.1) is 27.9 Å². The standard InChI is InChI=1S/C17H19N5O3S/c1-4-22-14(5-6-20-22)21-15-11-7-10(2)8-13(26(3,24)25)16(11)19-9-12(15)17(18)23/h5-9H,4H2,1-3H3,(H2,18,23)(H,19,21). The molecular formula is C17H19N5O3S. The average Bonchev–Trinajstić information content (AvgIpc) is 3.00. The van der Waals surface area contributed by atoms with Crippen LogP contribution in [-0.4, -0.2) is 35.3 Å². The molecule has 0 unspecified atom stereocenters. The van der Waals surface area contributed by atoms with Gasteiger partial charge in [-0.2, -0.15) is 5.10 Å². The molecule has 0 radical (unpaired) electrons. The van der Waals surface area contributed by atoms with E-state index in [9.17, 15) is 13.2 Å². The van der Waals surface area contributed by atoms with E-state index >= 15 is 0 Å².